The first kappa shape index (κ1) is 22.0. The zero-order valence-corrected chi connectivity index (χ0v) is 18.3. The summed E-state index contributed by atoms with van der Waals surface area (Å²) in [5.41, 5.74) is 0.186. The van der Waals surface area contributed by atoms with Crippen molar-refractivity contribution in [3.05, 3.63) is 57.6 Å². The van der Waals surface area contributed by atoms with Gasteiger partial charge in [-0.1, -0.05) is 12.1 Å². The minimum absolute atomic E-state index is 0.00853. The van der Waals surface area contributed by atoms with E-state index in [1.165, 1.54) is 27.4 Å². The van der Waals surface area contributed by atoms with Crippen LogP contribution in [0.2, 0.25) is 0 Å². The first-order valence-corrected chi connectivity index (χ1v) is 11.7. The van der Waals surface area contributed by atoms with E-state index in [0.29, 0.717) is 36.7 Å². The second-order valence-corrected chi connectivity index (χ2v) is 9.52. The normalized spacial score (nSPS) is 17.0. The molecule has 0 aromatic heterocycles. The van der Waals surface area contributed by atoms with E-state index >= 15 is 0 Å². The average Bonchev–Trinajstić information content (AvgIpc) is 3.03. The second-order valence-electron chi connectivity index (χ2n) is 7.58. The molecule has 11 heteroatoms. The molecule has 2 aliphatic heterocycles. The molecule has 0 saturated carbocycles. The van der Waals surface area contributed by atoms with Crippen LogP contribution in [0.1, 0.15) is 22.3 Å². The monoisotopic (exact) mass is 461 g/mol. The predicted molar refractivity (Wildman–Crippen MR) is 115 cm³/mol. The molecule has 0 N–H and O–H groups in total. The Bertz CT molecular complexity index is 1160. The first-order chi connectivity index (χ1) is 15.3. The minimum atomic E-state index is -3.80. The number of rotatable bonds is 4. The number of hydrogen-bond donors (Lipinski definition) is 0. The van der Waals surface area contributed by atoms with Crippen molar-refractivity contribution in [2.75, 3.05) is 39.4 Å². The molecule has 0 radical (unpaired) electrons. The Balaban J connectivity index is 1.49. The molecule has 32 heavy (non-hydrogen) atoms. The number of nitrogens with zero attached hydrogens (tertiary/aromatic N) is 3. The van der Waals surface area contributed by atoms with E-state index in [1.807, 2.05) is 0 Å². The van der Waals surface area contributed by atoms with Crippen LogP contribution in [-0.2, 0) is 10.0 Å². The van der Waals surface area contributed by atoms with E-state index in [1.54, 1.807) is 25.1 Å². The van der Waals surface area contributed by atoms with E-state index < -0.39 is 20.9 Å². The van der Waals surface area contributed by atoms with Crippen LogP contribution in [0.15, 0.2) is 41.3 Å². The van der Waals surface area contributed by atoms with Crippen LogP contribution in [0.3, 0.4) is 0 Å². The Labute approximate surface area is 185 Å². The third-order valence-electron chi connectivity index (χ3n) is 5.53. The van der Waals surface area contributed by atoms with Gasteiger partial charge in [0, 0.05) is 44.2 Å². The number of benzene rings is 2. The highest BCUT2D eigenvalue weighted by Gasteiger charge is 2.33. The molecule has 1 amide bonds. The van der Waals surface area contributed by atoms with Crippen molar-refractivity contribution in [3.8, 4) is 11.5 Å². The fourth-order valence-corrected chi connectivity index (χ4v) is 5.27. The Morgan fingerprint density at radius 2 is 1.72 bits per heavy atom. The van der Waals surface area contributed by atoms with Gasteiger partial charge in [-0.15, -0.1) is 0 Å². The predicted octanol–water partition coefficient (Wildman–Crippen LogP) is 2.21. The molecule has 2 aromatic rings. The number of nitro groups is 1. The zero-order valence-electron chi connectivity index (χ0n) is 17.5. The van der Waals surface area contributed by atoms with E-state index in [4.69, 9.17) is 9.47 Å². The number of ether oxygens (including phenoxy) is 2. The highest BCUT2D eigenvalue weighted by Crippen LogP contribution is 2.33. The molecular weight excluding hydrogens is 438 g/mol. The van der Waals surface area contributed by atoms with E-state index in [2.05, 4.69) is 0 Å². The number of sulfonamides is 1. The number of hydrogen-bond acceptors (Lipinski definition) is 7. The SMILES string of the molecule is Cc1cccc(C(=O)N2CCN(S(=O)(=O)c3ccc4c(c3)OCCCO4)CC2)c1[N+](=O)[O-]. The van der Waals surface area contributed by atoms with Crippen LogP contribution in [0.4, 0.5) is 5.69 Å². The molecule has 2 aromatic carbocycles. The smallest absolute Gasteiger partial charge is 0.285 e. The van der Waals surface area contributed by atoms with Gasteiger partial charge in [-0.25, -0.2) is 8.42 Å². The lowest BCUT2D eigenvalue weighted by Gasteiger charge is -2.34. The molecule has 170 valence electrons. The van der Waals surface area contributed by atoms with Gasteiger partial charge < -0.3 is 14.4 Å². The Kier molecular flexibility index (Phi) is 6.02. The van der Waals surface area contributed by atoms with E-state index in [-0.39, 0.29) is 42.3 Å². The van der Waals surface area contributed by atoms with Crippen molar-refractivity contribution < 1.29 is 27.6 Å². The summed E-state index contributed by atoms with van der Waals surface area (Å²) in [6.07, 6.45) is 0.714. The molecule has 2 aliphatic rings. The second kappa shape index (κ2) is 8.75. The Morgan fingerprint density at radius 1 is 1.03 bits per heavy atom. The molecule has 0 spiro atoms. The van der Waals surface area contributed by atoms with Crippen molar-refractivity contribution in [3.63, 3.8) is 0 Å². The first-order valence-electron chi connectivity index (χ1n) is 10.2. The third-order valence-corrected chi connectivity index (χ3v) is 7.43. The average molecular weight is 461 g/mol. The van der Waals surface area contributed by atoms with Crippen LogP contribution in [0.5, 0.6) is 11.5 Å². The van der Waals surface area contributed by atoms with Crippen LogP contribution in [-0.4, -0.2) is 67.8 Å². The number of amides is 1. The summed E-state index contributed by atoms with van der Waals surface area (Å²) in [6, 6.07) is 9.13. The highest BCUT2D eigenvalue weighted by molar-refractivity contribution is 7.89. The minimum Gasteiger partial charge on any atom is -0.490 e. The number of fused-ring (bicyclic) bond motifs is 1. The molecule has 10 nitrogen and oxygen atoms in total. The summed E-state index contributed by atoms with van der Waals surface area (Å²) < 4.78 is 38.7. The lowest BCUT2D eigenvalue weighted by Crippen LogP contribution is -2.50. The van der Waals surface area contributed by atoms with Gasteiger partial charge in [-0.3, -0.25) is 14.9 Å². The van der Waals surface area contributed by atoms with Gasteiger partial charge in [0.2, 0.25) is 10.0 Å². The van der Waals surface area contributed by atoms with Gasteiger partial charge in [0.05, 0.1) is 23.0 Å². The van der Waals surface area contributed by atoms with Gasteiger partial charge in [-0.2, -0.15) is 4.31 Å². The van der Waals surface area contributed by atoms with Crippen molar-refractivity contribution in [2.45, 2.75) is 18.2 Å². The number of carbonyl (C=O) groups is 1. The Hall–Kier alpha value is -3.18. The summed E-state index contributed by atoms with van der Waals surface area (Å²) in [5, 5.41) is 11.4. The Morgan fingerprint density at radius 3 is 2.41 bits per heavy atom. The lowest BCUT2D eigenvalue weighted by molar-refractivity contribution is -0.385. The maximum absolute atomic E-state index is 13.1. The molecule has 2 heterocycles. The summed E-state index contributed by atoms with van der Waals surface area (Å²) in [6.45, 7) is 2.97. The standard InChI is InChI=1S/C21H23N3O7S/c1-15-4-2-5-17(20(15)24(26)27)21(25)22-8-10-23(11-9-22)32(28,29)16-6-7-18-19(14-16)31-13-3-12-30-18/h2,4-7,14H,3,8-13H2,1H3. The number of para-hydroxylation sites is 1. The van der Waals surface area contributed by atoms with Crippen LogP contribution in [0.25, 0.3) is 0 Å². The largest absolute Gasteiger partial charge is 0.490 e. The number of nitro benzene ring substituents is 1. The molecule has 0 atom stereocenters. The number of aryl methyl sites for hydroxylation is 1. The molecule has 0 unspecified atom stereocenters. The number of piperazine rings is 1. The van der Waals surface area contributed by atoms with Crippen molar-refractivity contribution in [1.29, 1.82) is 0 Å². The van der Waals surface area contributed by atoms with Gasteiger partial charge >= 0.3 is 0 Å². The molecule has 0 aliphatic carbocycles. The molecule has 0 bridgehead atoms. The summed E-state index contributed by atoms with van der Waals surface area (Å²) in [7, 11) is -3.80. The van der Waals surface area contributed by atoms with Crippen LogP contribution in [0, 0.1) is 17.0 Å². The third kappa shape index (κ3) is 4.13. The lowest BCUT2D eigenvalue weighted by atomic mass is 10.1. The molecule has 4 rings (SSSR count). The fourth-order valence-electron chi connectivity index (χ4n) is 3.83. The molecular formula is C21H23N3O7S. The van der Waals surface area contributed by atoms with Gasteiger partial charge in [0.25, 0.3) is 11.6 Å². The quantitative estimate of drug-likeness (QED) is 0.506. The molecule has 1 fully saturated rings. The van der Waals surface area contributed by atoms with Crippen molar-refractivity contribution in [1.82, 2.24) is 9.21 Å². The van der Waals surface area contributed by atoms with Crippen LogP contribution >= 0.6 is 0 Å². The van der Waals surface area contributed by atoms with Gasteiger partial charge in [0.15, 0.2) is 11.5 Å². The summed E-state index contributed by atoms with van der Waals surface area (Å²) in [4.78, 5) is 25.3. The topological polar surface area (TPSA) is 119 Å². The molecule has 1 saturated heterocycles. The van der Waals surface area contributed by atoms with E-state index in [0.717, 1.165) is 0 Å². The van der Waals surface area contributed by atoms with Crippen molar-refractivity contribution >= 4 is 21.6 Å². The zero-order chi connectivity index (χ0) is 22.9. The number of carbonyl (C=O) groups excluding carboxylic acids is 1. The maximum atomic E-state index is 13.1. The summed E-state index contributed by atoms with van der Waals surface area (Å²) >= 11 is 0. The van der Waals surface area contributed by atoms with E-state index in [9.17, 15) is 23.3 Å². The van der Waals surface area contributed by atoms with Gasteiger partial charge in [-0.05, 0) is 25.1 Å². The maximum Gasteiger partial charge on any atom is 0.285 e. The van der Waals surface area contributed by atoms with Crippen LogP contribution < -0.4 is 9.47 Å². The highest BCUT2D eigenvalue weighted by atomic mass is 32.2. The summed E-state index contributed by atoms with van der Waals surface area (Å²) in [5.74, 6) is 0.425. The van der Waals surface area contributed by atoms with Gasteiger partial charge in [0.1, 0.15) is 5.56 Å². The van der Waals surface area contributed by atoms with Crippen molar-refractivity contribution in [2.24, 2.45) is 0 Å². The fraction of sp³-hybridized carbons (Fsp3) is 0.381.